The zero-order valence-corrected chi connectivity index (χ0v) is 16.1. The highest BCUT2D eigenvalue weighted by atomic mass is 32.2. The van der Waals surface area contributed by atoms with Crippen molar-refractivity contribution in [1.29, 1.82) is 0 Å². The van der Waals surface area contributed by atoms with E-state index >= 15 is 0 Å². The normalized spacial score (nSPS) is 12.8. The van der Waals surface area contributed by atoms with Crippen LogP contribution in [-0.4, -0.2) is 40.5 Å². The molecule has 0 N–H and O–H groups in total. The van der Waals surface area contributed by atoms with E-state index < -0.39 is 0 Å². The number of thioether (sulfide) groups is 1. The van der Waals surface area contributed by atoms with Gasteiger partial charge in [-0.3, -0.25) is 4.79 Å². The van der Waals surface area contributed by atoms with Crippen molar-refractivity contribution in [3.05, 3.63) is 0 Å². The van der Waals surface area contributed by atoms with Crippen LogP contribution < -0.4 is 0 Å². The molecule has 0 aromatic heterocycles. The van der Waals surface area contributed by atoms with Crippen LogP contribution in [0.25, 0.3) is 0 Å². The molecule has 0 aliphatic carbocycles. The quantitative estimate of drug-likeness (QED) is 0.346. The minimum absolute atomic E-state index is 0.0155. The first kappa shape index (κ1) is 21.1. The van der Waals surface area contributed by atoms with Crippen LogP contribution in [0.3, 0.4) is 0 Å². The van der Waals surface area contributed by atoms with Crippen LogP contribution in [0.2, 0.25) is 0 Å². The zero-order valence-electron chi connectivity index (χ0n) is 14.4. The molecule has 0 heterocycles. The topological polar surface area (TPSA) is 35.5 Å². The SMILES string of the molecule is CC(C)OC(=O)CCSCCC(C)(C)OCCC(C)(C)S. The van der Waals surface area contributed by atoms with E-state index in [0.29, 0.717) is 6.42 Å². The zero-order chi connectivity index (χ0) is 16.5. The van der Waals surface area contributed by atoms with Gasteiger partial charge in [0.15, 0.2) is 0 Å². The largest absolute Gasteiger partial charge is 0.463 e. The first-order valence-corrected chi connectivity index (χ1v) is 9.25. The fourth-order valence-corrected chi connectivity index (χ4v) is 2.79. The molecule has 5 heteroatoms. The van der Waals surface area contributed by atoms with Crippen LogP contribution in [-0.2, 0) is 14.3 Å². The third-order valence-corrected chi connectivity index (χ3v) is 4.08. The minimum atomic E-state index is -0.121. The Hall–Kier alpha value is 0.130. The number of hydrogen-bond acceptors (Lipinski definition) is 5. The highest BCUT2D eigenvalue weighted by Crippen LogP contribution is 2.22. The first-order valence-electron chi connectivity index (χ1n) is 7.65. The van der Waals surface area contributed by atoms with Gasteiger partial charge in [0.25, 0.3) is 0 Å². The van der Waals surface area contributed by atoms with Crippen LogP contribution in [0.15, 0.2) is 0 Å². The highest BCUT2D eigenvalue weighted by molar-refractivity contribution is 7.99. The summed E-state index contributed by atoms with van der Waals surface area (Å²) in [5, 5.41) is 0. The van der Waals surface area contributed by atoms with Crippen molar-refractivity contribution in [2.75, 3.05) is 18.1 Å². The average Bonchev–Trinajstić information content (AvgIpc) is 2.24. The third kappa shape index (κ3) is 14.8. The molecule has 0 saturated heterocycles. The standard InChI is InChI=1S/C16H32O3S2/c1-13(2)19-14(17)7-11-21-12-9-15(3,4)18-10-8-16(5,6)20/h13,20H,7-12H2,1-6H3. The molecule has 0 fully saturated rings. The van der Waals surface area contributed by atoms with Gasteiger partial charge in [0.05, 0.1) is 18.1 Å². The Labute approximate surface area is 140 Å². The number of thiol groups is 1. The molecule has 0 saturated carbocycles. The lowest BCUT2D eigenvalue weighted by atomic mass is 10.1. The molecule has 0 aliphatic heterocycles. The lowest BCUT2D eigenvalue weighted by molar-refractivity contribution is -0.146. The predicted octanol–water partition coefficient (Wildman–Crippen LogP) is 4.35. The van der Waals surface area contributed by atoms with Crippen LogP contribution >= 0.6 is 24.4 Å². The van der Waals surface area contributed by atoms with Gasteiger partial charge in [0, 0.05) is 17.1 Å². The number of hydrogen-bond donors (Lipinski definition) is 1. The third-order valence-electron chi connectivity index (χ3n) is 2.87. The Morgan fingerprint density at radius 3 is 2.29 bits per heavy atom. The molecule has 0 aromatic carbocycles. The second kappa shape index (κ2) is 10.0. The van der Waals surface area contributed by atoms with Crippen molar-refractivity contribution in [3.8, 4) is 0 Å². The number of esters is 1. The summed E-state index contributed by atoms with van der Waals surface area (Å²) in [5.41, 5.74) is -0.121. The van der Waals surface area contributed by atoms with Crippen LogP contribution in [0, 0.1) is 0 Å². The molecular weight excluding hydrogens is 304 g/mol. The van der Waals surface area contributed by atoms with E-state index in [9.17, 15) is 4.79 Å². The maximum absolute atomic E-state index is 11.4. The maximum atomic E-state index is 11.4. The van der Waals surface area contributed by atoms with Crippen LogP contribution in [0.5, 0.6) is 0 Å². The summed E-state index contributed by atoms with van der Waals surface area (Å²) in [6, 6.07) is 0. The van der Waals surface area contributed by atoms with Crippen molar-refractivity contribution in [2.45, 2.75) is 77.3 Å². The van der Waals surface area contributed by atoms with Gasteiger partial charge in [-0.05, 0) is 46.3 Å². The van der Waals surface area contributed by atoms with E-state index in [-0.39, 0.29) is 22.4 Å². The van der Waals surface area contributed by atoms with E-state index in [4.69, 9.17) is 9.47 Å². The number of rotatable bonds is 11. The predicted molar refractivity (Wildman–Crippen MR) is 95.5 cm³/mol. The van der Waals surface area contributed by atoms with Gasteiger partial charge in [-0.15, -0.1) is 0 Å². The first-order chi connectivity index (χ1) is 9.52. The molecule has 0 rings (SSSR count). The maximum Gasteiger partial charge on any atom is 0.306 e. The highest BCUT2D eigenvalue weighted by Gasteiger charge is 2.20. The smallest absolute Gasteiger partial charge is 0.306 e. The Balaban J connectivity index is 3.68. The summed E-state index contributed by atoms with van der Waals surface area (Å²) >= 11 is 6.28. The molecule has 0 aliphatic rings. The number of ether oxygens (including phenoxy) is 2. The Bertz CT molecular complexity index is 296. The van der Waals surface area contributed by atoms with Crippen molar-refractivity contribution in [1.82, 2.24) is 0 Å². The monoisotopic (exact) mass is 336 g/mol. The molecule has 0 radical (unpaired) electrons. The molecule has 0 aromatic rings. The molecule has 0 unspecified atom stereocenters. The molecule has 126 valence electrons. The van der Waals surface area contributed by atoms with Gasteiger partial charge in [0.2, 0.25) is 0 Å². The molecule has 3 nitrogen and oxygen atoms in total. The van der Waals surface area contributed by atoms with Crippen LogP contribution in [0.4, 0.5) is 0 Å². The van der Waals surface area contributed by atoms with Gasteiger partial charge in [-0.25, -0.2) is 0 Å². The lowest BCUT2D eigenvalue weighted by Crippen LogP contribution is -2.28. The van der Waals surface area contributed by atoms with Gasteiger partial charge in [-0.2, -0.15) is 24.4 Å². The van der Waals surface area contributed by atoms with E-state index in [2.05, 4.69) is 40.3 Å². The average molecular weight is 337 g/mol. The summed E-state index contributed by atoms with van der Waals surface area (Å²) in [6.07, 6.45) is 2.38. The van der Waals surface area contributed by atoms with Gasteiger partial charge in [-0.1, -0.05) is 13.8 Å². The second-order valence-corrected chi connectivity index (χ2v) is 9.26. The molecule has 0 amide bonds. The van der Waals surface area contributed by atoms with E-state index in [1.165, 1.54) is 0 Å². The van der Waals surface area contributed by atoms with E-state index in [0.717, 1.165) is 31.0 Å². The Kier molecular flexibility index (Phi) is 10.1. The van der Waals surface area contributed by atoms with E-state index in [1.807, 2.05) is 13.8 Å². The van der Waals surface area contributed by atoms with Crippen LogP contribution in [0.1, 0.15) is 60.8 Å². The summed E-state index contributed by atoms with van der Waals surface area (Å²) < 4.78 is 11.0. The van der Waals surface area contributed by atoms with Gasteiger partial charge >= 0.3 is 5.97 Å². The second-order valence-electron chi connectivity index (χ2n) is 6.82. The molecule has 21 heavy (non-hydrogen) atoms. The fourth-order valence-electron chi connectivity index (χ4n) is 1.55. The number of carbonyl (C=O) groups is 1. The molecular formula is C16H32O3S2. The van der Waals surface area contributed by atoms with Crippen molar-refractivity contribution >= 4 is 30.4 Å². The summed E-state index contributed by atoms with van der Waals surface area (Å²) in [6.45, 7) is 12.9. The molecule has 0 atom stereocenters. The molecule has 0 bridgehead atoms. The summed E-state index contributed by atoms with van der Waals surface area (Å²) in [4.78, 5) is 11.4. The van der Waals surface area contributed by atoms with Crippen molar-refractivity contribution in [2.24, 2.45) is 0 Å². The minimum Gasteiger partial charge on any atom is -0.463 e. The summed E-state index contributed by atoms with van der Waals surface area (Å²) in [5.74, 6) is 1.70. The lowest BCUT2D eigenvalue weighted by Gasteiger charge is -2.27. The number of carbonyl (C=O) groups excluding carboxylic acids is 1. The van der Waals surface area contributed by atoms with Gasteiger partial charge in [0.1, 0.15) is 0 Å². The van der Waals surface area contributed by atoms with Crippen molar-refractivity contribution < 1.29 is 14.3 Å². The Morgan fingerprint density at radius 2 is 1.76 bits per heavy atom. The molecule has 0 spiro atoms. The van der Waals surface area contributed by atoms with Gasteiger partial charge < -0.3 is 9.47 Å². The Morgan fingerprint density at radius 1 is 1.14 bits per heavy atom. The van der Waals surface area contributed by atoms with E-state index in [1.54, 1.807) is 11.8 Å². The van der Waals surface area contributed by atoms with Crippen molar-refractivity contribution in [3.63, 3.8) is 0 Å². The summed E-state index contributed by atoms with van der Waals surface area (Å²) in [7, 11) is 0. The fraction of sp³-hybridized carbons (Fsp3) is 0.938.